The second-order valence-electron chi connectivity index (χ2n) is 8.63. The standard InChI is InChI=1S/C26H31N3O4S/c1-19-8-4-7-11-25(19)29-20(2)16-24(21(29)3)26(30)27-17-22-9-5-6-10-23(22)18-34(31,32)28-12-14-33-15-13-28/h4-11,16H,12-15,17-18H2,1-3H3,(H,27,30). The van der Waals surface area contributed by atoms with Gasteiger partial charge in [-0.25, -0.2) is 8.42 Å². The van der Waals surface area contributed by atoms with Crippen molar-refractivity contribution in [3.05, 3.63) is 88.2 Å². The van der Waals surface area contributed by atoms with Crippen molar-refractivity contribution in [1.29, 1.82) is 0 Å². The smallest absolute Gasteiger partial charge is 0.253 e. The fourth-order valence-electron chi connectivity index (χ4n) is 4.43. The summed E-state index contributed by atoms with van der Waals surface area (Å²) in [5.74, 6) is -0.278. The largest absolute Gasteiger partial charge is 0.379 e. The quantitative estimate of drug-likeness (QED) is 0.560. The summed E-state index contributed by atoms with van der Waals surface area (Å²) >= 11 is 0. The number of aromatic nitrogens is 1. The lowest BCUT2D eigenvalue weighted by Gasteiger charge is -2.26. The van der Waals surface area contributed by atoms with Crippen molar-refractivity contribution >= 4 is 15.9 Å². The molecule has 1 aromatic heterocycles. The molecule has 8 heteroatoms. The number of hydrogen-bond acceptors (Lipinski definition) is 4. The van der Waals surface area contributed by atoms with E-state index in [1.54, 1.807) is 0 Å². The van der Waals surface area contributed by atoms with Gasteiger partial charge in [-0.3, -0.25) is 4.79 Å². The Labute approximate surface area is 201 Å². The van der Waals surface area contributed by atoms with Gasteiger partial charge in [-0.2, -0.15) is 4.31 Å². The molecule has 0 unspecified atom stereocenters. The van der Waals surface area contributed by atoms with Gasteiger partial charge in [-0.1, -0.05) is 42.5 Å². The summed E-state index contributed by atoms with van der Waals surface area (Å²) in [5, 5.41) is 2.99. The third kappa shape index (κ3) is 5.09. The minimum atomic E-state index is -3.46. The lowest BCUT2D eigenvalue weighted by Crippen LogP contribution is -2.41. The Balaban J connectivity index is 1.50. The van der Waals surface area contributed by atoms with Crippen LogP contribution in [0.2, 0.25) is 0 Å². The van der Waals surface area contributed by atoms with Crippen molar-refractivity contribution in [2.24, 2.45) is 0 Å². The van der Waals surface area contributed by atoms with Crippen molar-refractivity contribution < 1.29 is 17.9 Å². The number of nitrogens with one attached hydrogen (secondary N) is 1. The van der Waals surface area contributed by atoms with Crippen LogP contribution >= 0.6 is 0 Å². The number of ether oxygens (including phenoxy) is 1. The molecule has 1 N–H and O–H groups in total. The fraction of sp³-hybridized carbons (Fsp3) is 0.346. The number of amides is 1. The van der Waals surface area contributed by atoms with E-state index in [2.05, 4.69) is 22.9 Å². The van der Waals surface area contributed by atoms with Crippen LogP contribution < -0.4 is 5.32 Å². The average molecular weight is 482 g/mol. The van der Waals surface area contributed by atoms with Crippen LogP contribution in [0.25, 0.3) is 5.69 Å². The molecule has 1 fully saturated rings. The number of hydrogen-bond donors (Lipinski definition) is 1. The van der Waals surface area contributed by atoms with Crippen LogP contribution in [0.15, 0.2) is 54.6 Å². The molecule has 34 heavy (non-hydrogen) atoms. The van der Waals surface area contributed by atoms with E-state index in [9.17, 15) is 13.2 Å². The van der Waals surface area contributed by atoms with E-state index >= 15 is 0 Å². The minimum Gasteiger partial charge on any atom is -0.379 e. The van der Waals surface area contributed by atoms with Crippen LogP contribution in [-0.2, 0) is 27.1 Å². The summed E-state index contributed by atoms with van der Waals surface area (Å²) in [4.78, 5) is 13.1. The van der Waals surface area contributed by atoms with Gasteiger partial charge >= 0.3 is 0 Å². The van der Waals surface area contributed by atoms with Crippen LogP contribution in [-0.4, -0.2) is 49.5 Å². The first-order chi connectivity index (χ1) is 16.3. The number of sulfonamides is 1. The van der Waals surface area contributed by atoms with Gasteiger partial charge in [-0.05, 0) is 49.6 Å². The number of para-hydroxylation sites is 1. The SMILES string of the molecule is Cc1ccccc1-n1c(C)cc(C(=O)NCc2ccccc2CS(=O)(=O)N2CCOCC2)c1C. The van der Waals surface area contributed by atoms with E-state index < -0.39 is 10.0 Å². The predicted octanol–water partition coefficient (Wildman–Crippen LogP) is 3.49. The molecule has 1 aliphatic heterocycles. The van der Waals surface area contributed by atoms with Crippen molar-refractivity contribution in [2.75, 3.05) is 26.3 Å². The number of aryl methyl sites for hydroxylation is 2. The average Bonchev–Trinajstić information content (AvgIpc) is 3.13. The molecule has 1 aliphatic rings. The zero-order chi connectivity index (χ0) is 24.3. The summed E-state index contributed by atoms with van der Waals surface area (Å²) in [5.41, 5.74) is 6.13. The minimum absolute atomic E-state index is 0.0964. The summed E-state index contributed by atoms with van der Waals surface area (Å²) in [6, 6.07) is 17.3. The van der Waals surface area contributed by atoms with Crippen molar-refractivity contribution in [3.63, 3.8) is 0 Å². The monoisotopic (exact) mass is 481 g/mol. The van der Waals surface area contributed by atoms with E-state index in [0.29, 0.717) is 37.4 Å². The third-order valence-corrected chi connectivity index (χ3v) is 8.12. The molecule has 4 rings (SSSR count). The normalized spacial score (nSPS) is 14.8. The van der Waals surface area contributed by atoms with Crippen molar-refractivity contribution in [3.8, 4) is 5.69 Å². The fourth-order valence-corrected chi connectivity index (χ4v) is 5.99. The van der Waals surface area contributed by atoms with E-state index in [1.807, 2.05) is 62.4 Å². The number of carbonyl (C=O) groups excluding carboxylic acids is 1. The predicted molar refractivity (Wildman–Crippen MR) is 133 cm³/mol. The zero-order valence-corrected chi connectivity index (χ0v) is 20.7. The molecular weight excluding hydrogens is 450 g/mol. The molecule has 1 amide bonds. The van der Waals surface area contributed by atoms with E-state index in [0.717, 1.165) is 28.2 Å². The first-order valence-electron chi connectivity index (χ1n) is 11.4. The molecule has 7 nitrogen and oxygen atoms in total. The number of rotatable bonds is 7. The van der Waals surface area contributed by atoms with E-state index in [-0.39, 0.29) is 18.2 Å². The highest BCUT2D eigenvalue weighted by atomic mass is 32.2. The molecule has 180 valence electrons. The first kappa shape index (κ1) is 24.2. The second kappa shape index (κ2) is 10.1. The number of nitrogens with zero attached hydrogens (tertiary/aromatic N) is 2. The summed E-state index contributed by atoms with van der Waals surface area (Å²) < 4.78 is 34.6. The highest BCUT2D eigenvalue weighted by molar-refractivity contribution is 7.88. The van der Waals surface area contributed by atoms with Crippen LogP contribution in [0.4, 0.5) is 0 Å². The van der Waals surface area contributed by atoms with Gasteiger partial charge < -0.3 is 14.6 Å². The molecule has 3 aromatic rings. The lowest BCUT2D eigenvalue weighted by atomic mass is 10.1. The molecule has 0 spiro atoms. The summed E-state index contributed by atoms with van der Waals surface area (Å²) in [6.07, 6.45) is 0. The molecule has 0 radical (unpaired) electrons. The van der Waals surface area contributed by atoms with Crippen LogP contribution in [0, 0.1) is 20.8 Å². The Kier molecular flexibility index (Phi) is 7.21. The topological polar surface area (TPSA) is 80.6 Å². The highest BCUT2D eigenvalue weighted by Gasteiger charge is 2.25. The van der Waals surface area contributed by atoms with Gasteiger partial charge in [0.05, 0.1) is 24.5 Å². The molecule has 0 atom stereocenters. The van der Waals surface area contributed by atoms with Gasteiger partial charge in [0.15, 0.2) is 0 Å². The Bertz CT molecular complexity index is 1290. The molecule has 0 bridgehead atoms. The Morgan fingerprint density at radius 3 is 2.32 bits per heavy atom. The molecule has 0 aliphatic carbocycles. The number of carbonyl (C=O) groups is 1. The van der Waals surface area contributed by atoms with Crippen molar-refractivity contribution in [1.82, 2.24) is 14.2 Å². The highest BCUT2D eigenvalue weighted by Crippen LogP contribution is 2.23. The molecule has 2 heterocycles. The number of benzene rings is 2. The summed E-state index contributed by atoms with van der Waals surface area (Å²) in [7, 11) is -3.46. The molecule has 2 aromatic carbocycles. The van der Waals surface area contributed by atoms with Gasteiger partial charge in [0.2, 0.25) is 10.0 Å². The van der Waals surface area contributed by atoms with Gasteiger partial charge in [0.1, 0.15) is 0 Å². The second-order valence-corrected chi connectivity index (χ2v) is 10.6. The van der Waals surface area contributed by atoms with Gasteiger partial charge in [0.25, 0.3) is 5.91 Å². The third-order valence-electron chi connectivity index (χ3n) is 6.29. The van der Waals surface area contributed by atoms with Crippen LogP contribution in [0.3, 0.4) is 0 Å². The zero-order valence-electron chi connectivity index (χ0n) is 19.9. The maximum absolute atomic E-state index is 13.1. The van der Waals surface area contributed by atoms with Crippen LogP contribution in [0.1, 0.15) is 38.4 Å². The van der Waals surface area contributed by atoms with Gasteiger partial charge in [0, 0.05) is 36.7 Å². The molecule has 1 saturated heterocycles. The Morgan fingerprint density at radius 1 is 0.971 bits per heavy atom. The first-order valence-corrected chi connectivity index (χ1v) is 13.0. The Morgan fingerprint density at radius 2 is 1.62 bits per heavy atom. The number of morpholine rings is 1. The molecular formula is C26H31N3O4S. The molecule has 0 saturated carbocycles. The van der Waals surface area contributed by atoms with Crippen molar-refractivity contribution in [2.45, 2.75) is 33.1 Å². The maximum atomic E-state index is 13.1. The maximum Gasteiger partial charge on any atom is 0.253 e. The Hall–Kier alpha value is -2.94. The lowest BCUT2D eigenvalue weighted by molar-refractivity contribution is 0.0729. The summed E-state index contributed by atoms with van der Waals surface area (Å²) in [6.45, 7) is 7.81. The van der Waals surface area contributed by atoms with E-state index in [4.69, 9.17) is 4.74 Å². The van der Waals surface area contributed by atoms with E-state index in [1.165, 1.54) is 4.31 Å². The van der Waals surface area contributed by atoms with Crippen LogP contribution in [0.5, 0.6) is 0 Å². The van der Waals surface area contributed by atoms with Gasteiger partial charge in [-0.15, -0.1) is 0 Å².